The van der Waals surface area contributed by atoms with Gasteiger partial charge in [-0.25, -0.2) is 4.98 Å². The summed E-state index contributed by atoms with van der Waals surface area (Å²) in [5.74, 6) is 0.722. The summed E-state index contributed by atoms with van der Waals surface area (Å²) in [5.41, 5.74) is 5.77. The lowest BCUT2D eigenvalue weighted by Gasteiger charge is -2.19. The van der Waals surface area contributed by atoms with Gasteiger partial charge in [0, 0.05) is 36.6 Å². The number of aromatic nitrogens is 4. The molecular formula is C30H31N7O2. The number of aliphatic hydroxyl groups is 1. The first-order valence-electron chi connectivity index (χ1n) is 12.9. The molecule has 6 N–H and O–H groups in total. The van der Waals surface area contributed by atoms with E-state index < -0.39 is 0 Å². The number of fused-ring (bicyclic) bond motifs is 1. The number of pyridine rings is 2. The predicted molar refractivity (Wildman–Crippen MR) is 154 cm³/mol. The van der Waals surface area contributed by atoms with E-state index in [9.17, 15) is 9.90 Å². The van der Waals surface area contributed by atoms with Gasteiger partial charge in [-0.15, -0.1) is 0 Å². The van der Waals surface area contributed by atoms with Gasteiger partial charge in [-0.2, -0.15) is 0 Å². The number of aryl methyl sites for hydroxylation is 1. The fourth-order valence-electron chi connectivity index (χ4n) is 4.63. The van der Waals surface area contributed by atoms with Crippen molar-refractivity contribution in [3.8, 4) is 11.4 Å². The van der Waals surface area contributed by atoms with Gasteiger partial charge in [0.05, 0.1) is 29.4 Å². The lowest BCUT2D eigenvalue weighted by atomic mass is 10.1. The van der Waals surface area contributed by atoms with Crippen molar-refractivity contribution in [1.82, 2.24) is 25.3 Å². The van der Waals surface area contributed by atoms with E-state index in [1.807, 2.05) is 67.6 Å². The van der Waals surface area contributed by atoms with Crippen LogP contribution >= 0.6 is 0 Å². The maximum absolute atomic E-state index is 13.0. The molecule has 0 fully saturated rings. The molecule has 0 radical (unpaired) electrons. The first-order chi connectivity index (χ1) is 19.0. The third kappa shape index (κ3) is 6.05. The van der Waals surface area contributed by atoms with Crippen LogP contribution in [0.25, 0.3) is 22.4 Å². The number of nitrogens with one attached hydrogen (secondary N) is 5. The monoisotopic (exact) mass is 521 g/mol. The van der Waals surface area contributed by atoms with Crippen LogP contribution in [0.5, 0.6) is 0 Å². The van der Waals surface area contributed by atoms with Gasteiger partial charge in [0.1, 0.15) is 17.2 Å². The summed E-state index contributed by atoms with van der Waals surface area (Å²) in [4.78, 5) is 28.1. The Balaban J connectivity index is 1.38. The molecule has 1 atom stereocenters. The van der Waals surface area contributed by atoms with Gasteiger partial charge in [-0.3, -0.25) is 15.2 Å². The number of H-pyrrole nitrogens is 2. The number of anilines is 1. The normalized spacial score (nSPS) is 11.8. The molecule has 0 bridgehead atoms. The lowest BCUT2D eigenvalue weighted by molar-refractivity contribution is 0.274. The minimum atomic E-state index is -0.294. The van der Waals surface area contributed by atoms with Crippen LogP contribution < -0.4 is 16.2 Å². The minimum Gasteiger partial charge on any atom is -0.394 e. The van der Waals surface area contributed by atoms with Crippen LogP contribution in [0.3, 0.4) is 0 Å². The van der Waals surface area contributed by atoms with Crippen molar-refractivity contribution in [2.75, 3.05) is 18.5 Å². The van der Waals surface area contributed by atoms with Crippen LogP contribution in [-0.2, 0) is 12.8 Å². The Hall–Kier alpha value is -4.76. The maximum Gasteiger partial charge on any atom is 0.261 e. The van der Waals surface area contributed by atoms with Gasteiger partial charge in [0.25, 0.3) is 5.56 Å². The van der Waals surface area contributed by atoms with Crippen LogP contribution in [-0.4, -0.2) is 50.1 Å². The first kappa shape index (κ1) is 25.9. The van der Waals surface area contributed by atoms with E-state index in [1.54, 1.807) is 18.5 Å². The fraction of sp³-hybridized carbons (Fsp3) is 0.200. The van der Waals surface area contributed by atoms with Crippen molar-refractivity contribution in [1.29, 1.82) is 5.41 Å². The molecule has 3 aromatic heterocycles. The summed E-state index contributed by atoms with van der Waals surface area (Å²) < 4.78 is 0. The number of hydrogen-bond acceptors (Lipinski definition) is 6. The molecule has 0 aliphatic rings. The largest absolute Gasteiger partial charge is 0.394 e. The van der Waals surface area contributed by atoms with E-state index in [4.69, 9.17) is 10.4 Å². The quantitative estimate of drug-likeness (QED) is 0.122. The maximum atomic E-state index is 13.0. The molecule has 0 unspecified atom stereocenters. The van der Waals surface area contributed by atoms with Crippen molar-refractivity contribution in [2.45, 2.75) is 25.8 Å². The second-order valence-electron chi connectivity index (χ2n) is 9.46. The van der Waals surface area contributed by atoms with E-state index >= 15 is 0 Å². The van der Waals surface area contributed by atoms with Crippen molar-refractivity contribution in [2.24, 2.45) is 0 Å². The van der Waals surface area contributed by atoms with Crippen molar-refractivity contribution < 1.29 is 5.11 Å². The number of nitrogens with zero attached hydrogens (tertiary/aromatic N) is 2. The SMILES string of the molecule is Cc1cc(C(=N)NCCc2ccccn2)cc2[nH]c(-c3c(N[C@H](CO)Cc4ccccc4)cc[nH]c3=O)nc12. The molecular weight excluding hydrogens is 490 g/mol. The number of hydrogen-bond donors (Lipinski definition) is 6. The lowest BCUT2D eigenvalue weighted by Crippen LogP contribution is -2.28. The van der Waals surface area contributed by atoms with E-state index in [2.05, 4.69) is 25.6 Å². The number of aromatic amines is 2. The Morgan fingerprint density at radius 1 is 1.10 bits per heavy atom. The molecule has 5 rings (SSSR count). The molecule has 5 aromatic rings. The molecule has 3 heterocycles. The smallest absolute Gasteiger partial charge is 0.261 e. The van der Waals surface area contributed by atoms with Crippen LogP contribution in [0.2, 0.25) is 0 Å². The number of aliphatic hydroxyl groups excluding tert-OH is 1. The summed E-state index contributed by atoms with van der Waals surface area (Å²) in [6, 6.07) is 21.0. The molecule has 2 aromatic carbocycles. The van der Waals surface area contributed by atoms with Gasteiger partial charge >= 0.3 is 0 Å². The Bertz CT molecular complexity index is 1630. The minimum absolute atomic E-state index is 0.0980. The molecule has 198 valence electrons. The van der Waals surface area contributed by atoms with E-state index in [0.29, 0.717) is 42.3 Å². The van der Waals surface area contributed by atoms with Gasteiger partial charge in [0.15, 0.2) is 0 Å². The zero-order chi connectivity index (χ0) is 27.2. The highest BCUT2D eigenvalue weighted by Gasteiger charge is 2.19. The average Bonchev–Trinajstić information content (AvgIpc) is 3.38. The zero-order valence-corrected chi connectivity index (χ0v) is 21.7. The standard InChI is InChI=1S/C30H31N7O2/c1-19-15-21(28(31)33-13-10-22-9-5-6-12-32-22)17-25-27(19)37-29(36-25)26-24(11-14-34-30(26)39)35-23(18-38)16-20-7-3-2-4-8-20/h2-9,11-12,14-15,17,23,38H,10,13,16,18H2,1H3,(H2,31,33)(H,36,37)(H2,34,35,39)/t23-/m0/s1. The Labute approximate surface area is 225 Å². The molecule has 0 saturated carbocycles. The number of benzene rings is 2. The Morgan fingerprint density at radius 3 is 2.69 bits per heavy atom. The molecule has 9 nitrogen and oxygen atoms in total. The molecule has 0 aliphatic carbocycles. The van der Waals surface area contributed by atoms with E-state index in [0.717, 1.165) is 33.4 Å². The van der Waals surface area contributed by atoms with Crippen molar-refractivity contribution in [3.05, 3.63) is 112 Å². The summed E-state index contributed by atoms with van der Waals surface area (Å²) in [6.45, 7) is 2.43. The summed E-state index contributed by atoms with van der Waals surface area (Å²) in [5, 5.41) is 25.1. The second kappa shape index (κ2) is 11.7. The highest BCUT2D eigenvalue weighted by atomic mass is 16.3. The van der Waals surface area contributed by atoms with Crippen LogP contribution in [0.4, 0.5) is 5.69 Å². The van der Waals surface area contributed by atoms with Gasteiger partial charge in [0.2, 0.25) is 0 Å². The molecule has 0 amide bonds. The van der Waals surface area contributed by atoms with Gasteiger partial charge in [-0.05, 0) is 54.8 Å². The molecule has 0 saturated heterocycles. The Morgan fingerprint density at radius 2 is 1.92 bits per heavy atom. The zero-order valence-electron chi connectivity index (χ0n) is 21.7. The topological polar surface area (TPSA) is 143 Å². The third-order valence-corrected chi connectivity index (χ3v) is 6.58. The van der Waals surface area contributed by atoms with Crippen molar-refractivity contribution in [3.63, 3.8) is 0 Å². The second-order valence-corrected chi connectivity index (χ2v) is 9.46. The van der Waals surface area contributed by atoms with Crippen LogP contribution in [0, 0.1) is 12.3 Å². The number of amidine groups is 1. The first-order valence-corrected chi connectivity index (χ1v) is 12.9. The summed E-state index contributed by atoms with van der Waals surface area (Å²) >= 11 is 0. The molecule has 39 heavy (non-hydrogen) atoms. The van der Waals surface area contributed by atoms with E-state index in [1.165, 1.54) is 0 Å². The Kier molecular flexibility index (Phi) is 7.79. The summed E-state index contributed by atoms with van der Waals surface area (Å²) in [7, 11) is 0. The summed E-state index contributed by atoms with van der Waals surface area (Å²) in [6.07, 6.45) is 4.65. The number of rotatable bonds is 10. The highest BCUT2D eigenvalue weighted by molar-refractivity contribution is 6.00. The van der Waals surface area contributed by atoms with Crippen molar-refractivity contribution >= 4 is 22.6 Å². The third-order valence-electron chi connectivity index (χ3n) is 6.58. The molecule has 0 spiro atoms. The average molecular weight is 522 g/mol. The van der Waals surface area contributed by atoms with Crippen LogP contribution in [0.15, 0.2) is 83.9 Å². The van der Waals surface area contributed by atoms with Gasteiger partial charge in [-0.1, -0.05) is 36.4 Å². The van der Waals surface area contributed by atoms with Gasteiger partial charge < -0.3 is 25.7 Å². The number of imidazole rings is 1. The molecule has 0 aliphatic heterocycles. The van der Waals surface area contributed by atoms with E-state index in [-0.39, 0.29) is 18.2 Å². The fourth-order valence-corrected chi connectivity index (χ4v) is 4.63. The predicted octanol–water partition coefficient (Wildman–Crippen LogP) is 3.79. The highest BCUT2D eigenvalue weighted by Crippen LogP contribution is 2.27. The van der Waals surface area contributed by atoms with Crippen LogP contribution in [0.1, 0.15) is 22.4 Å². The molecule has 9 heteroatoms.